The number of rotatable bonds is 11. The van der Waals surface area contributed by atoms with Crippen molar-refractivity contribution >= 4 is 5.91 Å². The molecule has 4 aromatic rings. The van der Waals surface area contributed by atoms with Gasteiger partial charge in [-0.15, -0.1) is 6.58 Å². The molecule has 1 saturated heterocycles. The maximum atomic E-state index is 12.6. The molecule has 222 valence electrons. The number of likely N-dealkylation sites (N-methyl/N-ethyl adjacent to an activating group) is 1. The second-order valence-electron chi connectivity index (χ2n) is 11.0. The summed E-state index contributed by atoms with van der Waals surface area (Å²) in [4.78, 5) is 18.8. The lowest BCUT2D eigenvalue weighted by molar-refractivity contribution is -0.275. The zero-order valence-corrected chi connectivity index (χ0v) is 24.7. The summed E-state index contributed by atoms with van der Waals surface area (Å²) in [5, 5.41) is 12.5. The summed E-state index contributed by atoms with van der Waals surface area (Å²) in [6.07, 6.45) is 4.34. The smallest absolute Gasteiger partial charge is 0.253 e. The van der Waals surface area contributed by atoms with Crippen LogP contribution in [0, 0.1) is 5.92 Å². The van der Waals surface area contributed by atoms with Crippen molar-refractivity contribution in [1.82, 2.24) is 15.2 Å². The topological polar surface area (TPSA) is 83.9 Å². The Labute approximate surface area is 253 Å². The van der Waals surface area contributed by atoms with E-state index in [1.807, 2.05) is 48.5 Å². The van der Waals surface area contributed by atoms with Gasteiger partial charge in [-0.25, -0.2) is 0 Å². The molecule has 43 heavy (non-hydrogen) atoms. The lowest BCUT2D eigenvalue weighted by Crippen LogP contribution is -2.43. The molecule has 1 amide bonds. The van der Waals surface area contributed by atoms with E-state index in [0.29, 0.717) is 12.1 Å². The van der Waals surface area contributed by atoms with Crippen LogP contribution in [0.15, 0.2) is 110 Å². The minimum atomic E-state index is -0.538. The Morgan fingerprint density at radius 1 is 1.00 bits per heavy atom. The molecule has 4 atom stereocenters. The number of carbonyl (C=O) groups is 1. The molecule has 2 N–H and O–H groups in total. The van der Waals surface area contributed by atoms with E-state index in [4.69, 9.17) is 9.47 Å². The molecular formula is C36H39N3O4. The first-order chi connectivity index (χ1) is 21.0. The molecule has 2 heterocycles. The number of amides is 1. The van der Waals surface area contributed by atoms with Crippen LogP contribution in [0.3, 0.4) is 0 Å². The predicted octanol–water partition coefficient (Wildman–Crippen LogP) is 6.08. The van der Waals surface area contributed by atoms with Gasteiger partial charge in [-0.3, -0.25) is 9.78 Å². The quantitative estimate of drug-likeness (QED) is 0.210. The Morgan fingerprint density at radius 3 is 2.44 bits per heavy atom. The van der Waals surface area contributed by atoms with E-state index in [2.05, 4.69) is 66.1 Å². The fourth-order valence-electron chi connectivity index (χ4n) is 5.48. The Balaban J connectivity index is 1.35. The highest BCUT2D eigenvalue weighted by Crippen LogP contribution is 2.42. The summed E-state index contributed by atoms with van der Waals surface area (Å²) < 4.78 is 13.2. The number of aliphatic hydroxyl groups excluding tert-OH is 1. The van der Waals surface area contributed by atoms with Crippen molar-refractivity contribution in [1.29, 1.82) is 0 Å². The summed E-state index contributed by atoms with van der Waals surface area (Å²) in [6.45, 7) is 7.96. The van der Waals surface area contributed by atoms with Crippen LogP contribution in [0.25, 0.3) is 11.1 Å². The molecule has 0 saturated carbocycles. The van der Waals surface area contributed by atoms with E-state index in [9.17, 15) is 9.90 Å². The van der Waals surface area contributed by atoms with Gasteiger partial charge in [-0.1, -0.05) is 85.8 Å². The minimum absolute atomic E-state index is 0.00835. The minimum Gasteiger partial charge on any atom is -0.392 e. The first-order valence-electron chi connectivity index (χ1n) is 14.6. The van der Waals surface area contributed by atoms with Gasteiger partial charge in [-0.05, 0) is 47.0 Å². The molecule has 5 rings (SSSR count). The third kappa shape index (κ3) is 7.45. The normalized spacial score (nSPS) is 20.1. The molecule has 7 nitrogen and oxygen atoms in total. The highest BCUT2D eigenvalue weighted by atomic mass is 16.7. The number of carbonyl (C=O) groups excluding carboxylic acids is 1. The second-order valence-corrected chi connectivity index (χ2v) is 11.0. The predicted molar refractivity (Wildman–Crippen MR) is 168 cm³/mol. The van der Waals surface area contributed by atoms with Crippen LogP contribution in [-0.2, 0) is 22.6 Å². The zero-order valence-electron chi connectivity index (χ0n) is 24.7. The first-order valence-corrected chi connectivity index (χ1v) is 14.6. The molecule has 0 unspecified atom stereocenters. The molecule has 0 aliphatic carbocycles. The number of nitrogens with one attached hydrogen (secondary N) is 1. The number of hydrogen-bond acceptors (Lipinski definition) is 6. The molecule has 1 aliphatic rings. The number of hydrogen-bond donors (Lipinski definition) is 2. The van der Waals surface area contributed by atoms with Gasteiger partial charge in [0.15, 0.2) is 6.29 Å². The highest BCUT2D eigenvalue weighted by Gasteiger charge is 2.38. The monoisotopic (exact) mass is 577 g/mol. The largest absolute Gasteiger partial charge is 0.392 e. The molecule has 0 bridgehead atoms. The van der Waals surface area contributed by atoms with E-state index in [0.717, 1.165) is 46.5 Å². The number of nitrogens with zero attached hydrogens (tertiary/aromatic N) is 2. The van der Waals surface area contributed by atoms with Crippen molar-refractivity contribution in [3.63, 3.8) is 0 Å². The standard InChI is InChI=1S/C36H39N3O4/c1-4-20-39(3)23-33-25(2)34(28-13-11-26(24-40)12-14-28)43-36(42-33)29-17-15-27(16-18-29)32-10-6-5-8-30(32)22-38-35(41)31-9-7-19-37-21-31/h4-19,21,25,33-34,36,40H,1,20,22-24H2,2-3H3,(H,38,41)/t25-,33+,34+,36+/m0/s1. The zero-order chi connectivity index (χ0) is 30.2. The maximum absolute atomic E-state index is 12.6. The van der Waals surface area contributed by atoms with Crippen molar-refractivity contribution in [2.24, 2.45) is 5.92 Å². The van der Waals surface area contributed by atoms with Crippen molar-refractivity contribution in [3.05, 3.63) is 138 Å². The number of pyridine rings is 1. The van der Waals surface area contributed by atoms with Crippen molar-refractivity contribution in [2.45, 2.75) is 38.6 Å². The van der Waals surface area contributed by atoms with E-state index in [-0.39, 0.29) is 30.6 Å². The van der Waals surface area contributed by atoms with Crippen LogP contribution in [0.5, 0.6) is 0 Å². The van der Waals surface area contributed by atoms with Gasteiger partial charge in [0.25, 0.3) is 5.91 Å². The van der Waals surface area contributed by atoms with Crippen LogP contribution in [-0.4, -0.2) is 47.1 Å². The molecular weight excluding hydrogens is 538 g/mol. The molecule has 1 aliphatic heterocycles. The van der Waals surface area contributed by atoms with Crippen molar-refractivity contribution in [2.75, 3.05) is 20.1 Å². The number of aliphatic hydroxyl groups is 1. The van der Waals surface area contributed by atoms with Gasteiger partial charge in [0, 0.05) is 43.5 Å². The number of ether oxygens (including phenoxy) is 2. The van der Waals surface area contributed by atoms with Gasteiger partial charge < -0.3 is 24.8 Å². The SMILES string of the molecule is C=CCN(C)C[C@H]1O[C@@H](c2ccc(-c3ccccc3CNC(=O)c3cccnc3)cc2)O[C@@H](c2ccc(CO)cc2)[C@H]1C. The van der Waals surface area contributed by atoms with Gasteiger partial charge in [0.05, 0.1) is 24.4 Å². The third-order valence-corrected chi connectivity index (χ3v) is 7.93. The molecule has 3 aromatic carbocycles. The highest BCUT2D eigenvalue weighted by molar-refractivity contribution is 5.93. The van der Waals surface area contributed by atoms with E-state index < -0.39 is 6.29 Å². The van der Waals surface area contributed by atoms with Gasteiger partial charge in [0.1, 0.15) is 0 Å². The lowest BCUT2D eigenvalue weighted by atomic mass is 9.90. The average molecular weight is 578 g/mol. The van der Waals surface area contributed by atoms with Crippen molar-refractivity contribution < 1.29 is 19.4 Å². The van der Waals surface area contributed by atoms with Crippen LogP contribution >= 0.6 is 0 Å². The van der Waals surface area contributed by atoms with E-state index >= 15 is 0 Å². The molecule has 1 fully saturated rings. The van der Waals surface area contributed by atoms with Gasteiger partial charge >= 0.3 is 0 Å². The summed E-state index contributed by atoms with van der Waals surface area (Å²) in [6, 6.07) is 27.8. The van der Waals surface area contributed by atoms with Gasteiger partial charge in [0.2, 0.25) is 0 Å². The Bertz CT molecular complexity index is 1490. The fourth-order valence-corrected chi connectivity index (χ4v) is 5.48. The summed E-state index contributed by atoms with van der Waals surface area (Å²) >= 11 is 0. The Kier molecular flexibility index (Phi) is 10.1. The summed E-state index contributed by atoms with van der Waals surface area (Å²) in [7, 11) is 2.07. The van der Waals surface area contributed by atoms with Crippen LogP contribution in [0.4, 0.5) is 0 Å². The summed E-state index contributed by atoms with van der Waals surface area (Å²) in [5.74, 6) is -0.0514. The van der Waals surface area contributed by atoms with Crippen molar-refractivity contribution in [3.8, 4) is 11.1 Å². The summed E-state index contributed by atoms with van der Waals surface area (Å²) in [5.41, 5.74) is 6.50. The molecule has 1 aromatic heterocycles. The fraction of sp³-hybridized carbons (Fsp3) is 0.278. The van der Waals surface area contributed by atoms with Crippen LogP contribution < -0.4 is 5.32 Å². The Morgan fingerprint density at radius 2 is 1.74 bits per heavy atom. The number of benzene rings is 3. The van der Waals surface area contributed by atoms with E-state index in [1.54, 1.807) is 24.5 Å². The number of aromatic nitrogens is 1. The second kappa shape index (κ2) is 14.4. The van der Waals surface area contributed by atoms with E-state index in [1.165, 1.54) is 0 Å². The van der Waals surface area contributed by atoms with Crippen LogP contribution in [0.1, 0.15) is 51.9 Å². The maximum Gasteiger partial charge on any atom is 0.253 e. The molecule has 7 heteroatoms. The average Bonchev–Trinajstić information content (AvgIpc) is 3.05. The molecule has 0 radical (unpaired) electrons. The lowest BCUT2D eigenvalue weighted by Gasteiger charge is -2.42. The molecule has 0 spiro atoms. The van der Waals surface area contributed by atoms with Crippen LogP contribution in [0.2, 0.25) is 0 Å². The third-order valence-electron chi connectivity index (χ3n) is 7.93. The first kappa shape index (κ1) is 30.3. The Hall–Kier alpha value is -4.14. The van der Waals surface area contributed by atoms with Gasteiger partial charge in [-0.2, -0.15) is 0 Å².